The highest BCUT2D eigenvalue weighted by molar-refractivity contribution is 6.10. The highest BCUT2D eigenvalue weighted by Gasteiger charge is 2.21. The molecule has 0 saturated heterocycles. The van der Waals surface area contributed by atoms with E-state index in [-0.39, 0.29) is 5.78 Å². The van der Waals surface area contributed by atoms with E-state index < -0.39 is 0 Å². The van der Waals surface area contributed by atoms with Crippen LogP contribution in [0.1, 0.15) is 52.2 Å². The Morgan fingerprint density at radius 3 is 2.62 bits per heavy atom. The fraction of sp³-hybridized carbons (Fsp3) is 0.316. The van der Waals surface area contributed by atoms with Crippen LogP contribution in [0, 0.1) is 6.92 Å². The van der Waals surface area contributed by atoms with Gasteiger partial charge in [0.1, 0.15) is 5.75 Å². The van der Waals surface area contributed by atoms with Crippen LogP contribution in [0.4, 0.5) is 0 Å². The predicted octanol–water partition coefficient (Wildman–Crippen LogP) is 4.50. The number of hydrogen-bond acceptors (Lipinski definition) is 2. The maximum Gasteiger partial charge on any atom is 0.196 e. The molecule has 2 aromatic carbocycles. The molecule has 0 aliphatic heterocycles. The highest BCUT2D eigenvalue weighted by Crippen LogP contribution is 2.36. The van der Waals surface area contributed by atoms with Crippen molar-refractivity contribution in [2.45, 2.75) is 32.1 Å². The highest BCUT2D eigenvalue weighted by atomic mass is 16.5. The molecule has 2 heteroatoms. The first-order chi connectivity index (χ1) is 10.2. The summed E-state index contributed by atoms with van der Waals surface area (Å²) in [5.41, 5.74) is 3.76. The van der Waals surface area contributed by atoms with Crippen molar-refractivity contribution >= 4 is 5.78 Å². The van der Waals surface area contributed by atoms with E-state index in [1.807, 2.05) is 43.3 Å². The van der Waals surface area contributed by atoms with Crippen LogP contribution in [0.5, 0.6) is 5.75 Å². The van der Waals surface area contributed by atoms with Crippen molar-refractivity contribution in [3.63, 3.8) is 0 Å². The van der Waals surface area contributed by atoms with E-state index in [1.54, 1.807) is 7.11 Å². The van der Waals surface area contributed by atoms with E-state index in [0.717, 1.165) is 11.1 Å². The van der Waals surface area contributed by atoms with E-state index in [1.165, 1.54) is 24.8 Å². The molecule has 0 spiro atoms. The van der Waals surface area contributed by atoms with Gasteiger partial charge in [-0.05, 0) is 55.0 Å². The van der Waals surface area contributed by atoms with Gasteiger partial charge in [0.25, 0.3) is 0 Å². The summed E-state index contributed by atoms with van der Waals surface area (Å²) in [6, 6.07) is 13.8. The number of aryl methyl sites for hydroxylation is 1. The normalized spacial score (nSPS) is 14.6. The second-order valence-corrected chi connectivity index (χ2v) is 5.79. The Kier molecular flexibility index (Phi) is 3.78. The quantitative estimate of drug-likeness (QED) is 0.771. The topological polar surface area (TPSA) is 26.3 Å². The van der Waals surface area contributed by atoms with Crippen LogP contribution in [0.15, 0.2) is 42.5 Å². The number of carbonyl (C=O) groups excluding carboxylic acids is 1. The number of benzene rings is 2. The van der Waals surface area contributed by atoms with Crippen LogP contribution in [0.25, 0.3) is 0 Å². The molecule has 108 valence electrons. The molecule has 0 aromatic heterocycles. The first-order valence-corrected chi connectivity index (χ1v) is 7.48. The number of rotatable bonds is 4. The van der Waals surface area contributed by atoms with Gasteiger partial charge in [0.15, 0.2) is 5.78 Å². The van der Waals surface area contributed by atoms with Gasteiger partial charge >= 0.3 is 0 Å². The summed E-state index contributed by atoms with van der Waals surface area (Å²) >= 11 is 0. The number of methoxy groups -OCH3 is 1. The molecule has 0 unspecified atom stereocenters. The van der Waals surface area contributed by atoms with Crippen molar-refractivity contribution in [3.8, 4) is 5.75 Å². The Bertz CT molecular complexity index is 669. The molecule has 1 aliphatic carbocycles. The van der Waals surface area contributed by atoms with Gasteiger partial charge < -0.3 is 4.74 Å². The van der Waals surface area contributed by atoms with Crippen molar-refractivity contribution in [1.29, 1.82) is 0 Å². The molecular formula is C19H20O2. The van der Waals surface area contributed by atoms with Crippen molar-refractivity contribution < 1.29 is 9.53 Å². The lowest BCUT2D eigenvalue weighted by Crippen LogP contribution is -2.10. The van der Waals surface area contributed by atoms with E-state index in [2.05, 4.69) is 6.07 Å². The maximum absolute atomic E-state index is 12.7. The van der Waals surface area contributed by atoms with Crippen LogP contribution in [0.3, 0.4) is 0 Å². The summed E-state index contributed by atoms with van der Waals surface area (Å²) in [5.74, 6) is 1.32. The lowest BCUT2D eigenvalue weighted by Gasteiger charge is -2.26. The summed E-state index contributed by atoms with van der Waals surface area (Å²) in [6.45, 7) is 1.99. The standard InChI is InChI=1S/C19H20O2/c1-13-9-10-17(18(11-13)21-2)19(20)16-8-4-7-15(12-16)14-5-3-6-14/h4,7-12,14H,3,5-6H2,1-2H3. The van der Waals surface area contributed by atoms with E-state index in [9.17, 15) is 4.79 Å². The molecule has 0 radical (unpaired) electrons. The third-order valence-electron chi connectivity index (χ3n) is 4.33. The smallest absolute Gasteiger partial charge is 0.196 e. The summed E-state index contributed by atoms with van der Waals surface area (Å²) < 4.78 is 5.36. The fourth-order valence-corrected chi connectivity index (χ4v) is 2.82. The van der Waals surface area contributed by atoms with Crippen LogP contribution in [-0.2, 0) is 0 Å². The molecule has 1 aliphatic rings. The van der Waals surface area contributed by atoms with Gasteiger partial charge in [0, 0.05) is 5.56 Å². The second kappa shape index (κ2) is 5.72. The number of carbonyl (C=O) groups is 1. The zero-order valence-corrected chi connectivity index (χ0v) is 12.6. The maximum atomic E-state index is 12.7. The Labute approximate surface area is 125 Å². The lowest BCUT2D eigenvalue weighted by molar-refractivity contribution is 0.103. The van der Waals surface area contributed by atoms with Crippen LogP contribution in [0.2, 0.25) is 0 Å². The van der Waals surface area contributed by atoms with Gasteiger partial charge in [0.05, 0.1) is 12.7 Å². The van der Waals surface area contributed by atoms with Crippen LogP contribution in [-0.4, -0.2) is 12.9 Å². The second-order valence-electron chi connectivity index (χ2n) is 5.79. The zero-order chi connectivity index (χ0) is 14.8. The molecule has 0 N–H and O–H groups in total. The minimum atomic E-state index is 0.0352. The predicted molar refractivity (Wildman–Crippen MR) is 84.2 cm³/mol. The Morgan fingerprint density at radius 2 is 1.95 bits per heavy atom. The summed E-state index contributed by atoms with van der Waals surface area (Å²) in [7, 11) is 1.61. The molecular weight excluding hydrogens is 260 g/mol. The molecule has 3 rings (SSSR count). The Hall–Kier alpha value is -2.09. The summed E-state index contributed by atoms with van der Waals surface area (Å²) in [4.78, 5) is 12.7. The molecule has 0 atom stereocenters. The first kappa shape index (κ1) is 13.9. The number of ketones is 1. The van der Waals surface area contributed by atoms with E-state index in [4.69, 9.17) is 4.74 Å². The molecule has 2 aromatic rings. The molecule has 0 heterocycles. The van der Waals surface area contributed by atoms with Gasteiger partial charge in [-0.1, -0.05) is 30.7 Å². The van der Waals surface area contributed by atoms with Gasteiger partial charge in [-0.2, -0.15) is 0 Å². The van der Waals surface area contributed by atoms with Crippen LogP contribution < -0.4 is 4.74 Å². The number of hydrogen-bond donors (Lipinski definition) is 0. The van der Waals surface area contributed by atoms with Gasteiger partial charge in [0.2, 0.25) is 0 Å². The van der Waals surface area contributed by atoms with Crippen LogP contribution >= 0.6 is 0 Å². The SMILES string of the molecule is COc1cc(C)ccc1C(=O)c1cccc(C2CCC2)c1. The largest absolute Gasteiger partial charge is 0.496 e. The zero-order valence-electron chi connectivity index (χ0n) is 12.6. The Balaban J connectivity index is 1.94. The van der Waals surface area contributed by atoms with Crippen molar-refractivity contribution in [1.82, 2.24) is 0 Å². The minimum Gasteiger partial charge on any atom is -0.496 e. The minimum absolute atomic E-state index is 0.0352. The van der Waals surface area contributed by atoms with Gasteiger partial charge in [-0.3, -0.25) is 4.79 Å². The average molecular weight is 280 g/mol. The van der Waals surface area contributed by atoms with Crippen molar-refractivity contribution in [2.75, 3.05) is 7.11 Å². The molecule has 0 amide bonds. The van der Waals surface area contributed by atoms with E-state index >= 15 is 0 Å². The monoisotopic (exact) mass is 280 g/mol. The summed E-state index contributed by atoms with van der Waals surface area (Å²) in [5, 5.41) is 0. The third-order valence-corrected chi connectivity index (χ3v) is 4.33. The van der Waals surface area contributed by atoms with Gasteiger partial charge in [-0.25, -0.2) is 0 Å². The van der Waals surface area contributed by atoms with Gasteiger partial charge in [-0.15, -0.1) is 0 Å². The lowest BCUT2D eigenvalue weighted by atomic mass is 9.79. The van der Waals surface area contributed by atoms with E-state index in [0.29, 0.717) is 17.2 Å². The number of ether oxygens (including phenoxy) is 1. The third kappa shape index (κ3) is 2.71. The molecule has 2 nitrogen and oxygen atoms in total. The summed E-state index contributed by atoms with van der Waals surface area (Å²) in [6.07, 6.45) is 3.78. The fourth-order valence-electron chi connectivity index (χ4n) is 2.82. The average Bonchev–Trinajstić information content (AvgIpc) is 2.45. The molecule has 1 fully saturated rings. The molecule has 21 heavy (non-hydrogen) atoms. The molecule has 1 saturated carbocycles. The Morgan fingerprint density at radius 1 is 1.14 bits per heavy atom. The van der Waals surface area contributed by atoms with Crippen molar-refractivity contribution in [3.05, 3.63) is 64.7 Å². The molecule has 0 bridgehead atoms. The first-order valence-electron chi connectivity index (χ1n) is 7.48. The van der Waals surface area contributed by atoms with Crippen molar-refractivity contribution in [2.24, 2.45) is 0 Å².